The second kappa shape index (κ2) is 10.5. The van der Waals surface area contributed by atoms with Gasteiger partial charge in [-0.3, -0.25) is 10.2 Å². The van der Waals surface area contributed by atoms with Crippen molar-refractivity contribution in [3.63, 3.8) is 0 Å². The van der Waals surface area contributed by atoms with Crippen LogP contribution in [0.25, 0.3) is 0 Å². The Morgan fingerprint density at radius 2 is 1.57 bits per heavy atom. The zero-order valence-corrected chi connectivity index (χ0v) is 16.9. The third kappa shape index (κ3) is 5.82. The van der Waals surface area contributed by atoms with Gasteiger partial charge in [-0.15, -0.1) is 0 Å². The van der Waals surface area contributed by atoms with Crippen LogP contribution >= 0.6 is 0 Å². The summed E-state index contributed by atoms with van der Waals surface area (Å²) in [6, 6.07) is 15.7. The molecular formula is C22H29N3O3. The molecule has 2 aromatic carbocycles. The number of ether oxygens (including phenoxy) is 1. The maximum atomic E-state index is 12.6. The van der Waals surface area contributed by atoms with Gasteiger partial charge in [0.2, 0.25) is 0 Å². The standard InChI is InChI=1S/C22H29N3O3/c1-5-25(6-2)19-14-12-17(13-15-19)20(22(27)28-16(3)4)23-24-21(26)18-10-8-7-9-11-18/h7-16,20,23H,5-6H2,1-4H3,(H,24,26)/t20-/m0/s1. The van der Waals surface area contributed by atoms with Crippen molar-refractivity contribution in [1.29, 1.82) is 0 Å². The molecule has 0 bridgehead atoms. The Hall–Kier alpha value is -2.86. The minimum absolute atomic E-state index is 0.253. The third-order valence-corrected chi connectivity index (χ3v) is 4.31. The Morgan fingerprint density at radius 3 is 2.11 bits per heavy atom. The Morgan fingerprint density at radius 1 is 0.964 bits per heavy atom. The quantitative estimate of drug-likeness (QED) is 0.513. The number of carbonyl (C=O) groups excluding carboxylic acids is 2. The smallest absolute Gasteiger partial charge is 0.329 e. The van der Waals surface area contributed by atoms with Gasteiger partial charge in [0, 0.05) is 24.3 Å². The highest BCUT2D eigenvalue weighted by molar-refractivity contribution is 5.94. The number of anilines is 1. The van der Waals surface area contributed by atoms with Crippen LogP contribution in [0.4, 0.5) is 5.69 Å². The van der Waals surface area contributed by atoms with Crippen molar-refractivity contribution in [2.75, 3.05) is 18.0 Å². The molecule has 2 aromatic rings. The van der Waals surface area contributed by atoms with Crippen LogP contribution in [0.2, 0.25) is 0 Å². The molecule has 6 nitrogen and oxygen atoms in total. The molecule has 0 aromatic heterocycles. The van der Waals surface area contributed by atoms with Gasteiger partial charge in [0.15, 0.2) is 0 Å². The van der Waals surface area contributed by atoms with E-state index in [-0.39, 0.29) is 12.0 Å². The minimum Gasteiger partial charge on any atom is -0.462 e. The van der Waals surface area contributed by atoms with Gasteiger partial charge < -0.3 is 9.64 Å². The van der Waals surface area contributed by atoms with Gasteiger partial charge in [-0.2, -0.15) is 0 Å². The molecule has 0 unspecified atom stereocenters. The molecule has 0 heterocycles. The van der Waals surface area contributed by atoms with Crippen LogP contribution in [-0.4, -0.2) is 31.1 Å². The van der Waals surface area contributed by atoms with E-state index in [9.17, 15) is 9.59 Å². The van der Waals surface area contributed by atoms with Gasteiger partial charge in [-0.1, -0.05) is 30.3 Å². The lowest BCUT2D eigenvalue weighted by Gasteiger charge is -2.23. The molecule has 0 fully saturated rings. The molecule has 2 rings (SSSR count). The van der Waals surface area contributed by atoms with E-state index in [1.54, 1.807) is 38.1 Å². The van der Waals surface area contributed by atoms with Gasteiger partial charge in [-0.25, -0.2) is 10.2 Å². The van der Waals surface area contributed by atoms with Gasteiger partial charge in [-0.05, 0) is 57.5 Å². The number of hydrogen-bond acceptors (Lipinski definition) is 5. The summed E-state index contributed by atoms with van der Waals surface area (Å²) in [5, 5.41) is 0. The Bertz CT molecular complexity index is 756. The van der Waals surface area contributed by atoms with Crippen LogP contribution in [0.1, 0.15) is 49.7 Å². The lowest BCUT2D eigenvalue weighted by atomic mass is 10.1. The van der Waals surface area contributed by atoms with Crippen LogP contribution in [-0.2, 0) is 9.53 Å². The topological polar surface area (TPSA) is 70.7 Å². The Kier molecular flexibility index (Phi) is 8.02. The first kappa shape index (κ1) is 21.4. The first-order chi connectivity index (χ1) is 13.5. The van der Waals surface area contributed by atoms with E-state index >= 15 is 0 Å². The predicted molar refractivity (Wildman–Crippen MR) is 111 cm³/mol. The number of hydrazine groups is 1. The van der Waals surface area contributed by atoms with Gasteiger partial charge in [0.25, 0.3) is 5.91 Å². The summed E-state index contributed by atoms with van der Waals surface area (Å²) in [5.74, 6) is -0.762. The summed E-state index contributed by atoms with van der Waals surface area (Å²) in [7, 11) is 0. The molecule has 28 heavy (non-hydrogen) atoms. The SMILES string of the molecule is CCN(CC)c1ccc([C@H](NNC(=O)c2ccccc2)C(=O)OC(C)C)cc1. The number of esters is 1. The number of benzene rings is 2. The molecule has 150 valence electrons. The van der Waals surface area contributed by atoms with Gasteiger partial charge in [0.05, 0.1) is 6.10 Å². The average Bonchev–Trinajstić information content (AvgIpc) is 2.70. The lowest BCUT2D eigenvalue weighted by Crippen LogP contribution is -2.44. The van der Waals surface area contributed by atoms with Crippen molar-refractivity contribution in [3.8, 4) is 0 Å². The number of carbonyl (C=O) groups is 2. The van der Waals surface area contributed by atoms with E-state index in [0.717, 1.165) is 24.3 Å². The highest BCUT2D eigenvalue weighted by Crippen LogP contribution is 2.20. The largest absolute Gasteiger partial charge is 0.462 e. The summed E-state index contributed by atoms with van der Waals surface area (Å²) in [6.07, 6.45) is -0.253. The van der Waals surface area contributed by atoms with E-state index in [1.807, 2.05) is 30.3 Å². The van der Waals surface area contributed by atoms with Crippen LogP contribution in [0.5, 0.6) is 0 Å². The molecule has 1 amide bonds. The minimum atomic E-state index is -0.805. The lowest BCUT2D eigenvalue weighted by molar-refractivity contribution is -0.150. The van der Waals surface area contributed by atoms with E-state index in [1.165, 1.54) is 0 Å². The average molecular weight is 383 g/mol. The zero-order chi connectivity index (χ0) is 20.5. The number of hydrogen-bond donors (Lipinski definition) is 2. The van der Waals surface area contributed by atoms with Crippen molar-refractivity contribution in [2.45, 2.75) is 39.8 Å². The van der Waals surface area contributed by atoms with Crippen molar-refractivity contribution in [3.05, 3.63) is 65.7 Å². The number of nitrogens with one attached hydrogen (secondary N) is 2. The van der Waals surface area contributed by atoms with Crippen molar-refractivity contribution >= 4 is 17.6 Å². The van der Waals surface area contributed by atoms with E-state index < -0.39 is 12.0 Å². The molecule has 0 saturated heterocycles. The van der Waals surface area contributed by atoms with Crippen LogP contribution in [0.15, 0.2) is 54.6 Å². The van der Waals surface area contributed by atoms with Gasteiger partial charge >= 0.3 is 5.97 Å². The molecule has 0 aliphatic carbocycles. The Labute approximate surface area is 166 Å². The summed E-state index contributed by atoms with van der Waals surface area (Å²) in [5.41, 5.74) is 7.74. The molecular weight excluding hydrogens is 354 g/mol. The van der Waals surface area contributed by atoms with E-state index in [4.69, 9.17) is 4.74 Å². The van der Waals surface area contributed by atoms with Crippen molar-refractivity contribution < 1.29 is 14.3 Å². The monoisotopic (exact) mass is 383 g/mol. The van der Waals surface area contributed by atoms with Crippen LogP contribution in [0.3, 0.4) is 0 Å². The second-order valence-electron chi connectivity index (χ2n) is 6.65. The molecule has 0 radical (unpaired) electrons. The maximum absolute atomic E-state index is 12.6. The predicted octanol–water partition coefficient (Wildman–Crippen LogP) is 3.46. The third-order valence-electron chi connectivity index (χ3n) is 4.31. The zero-order valence-electron chi connectivity index (χ0n) is 16.9. The summed E-state index contributed by atoms with van der Waals surface area (Å²) >= 11 is 0. The normalized spacial score (nSPS) is 11.8. The highest BCUT2D eigenvalue weighted by Gasteiger charge is 2.24. The van der Waals surface area contributed by atoms with Crippen LogP contribution in [0, 0.1) is 0 Å². The Balaban J connectivity index is 2.17. The fraction of sp³-hybridized carbons (Fsp3) is 0.364. The van der Waals surface area contributed by atoms with Gasteiger partial charge in [0.1, 0.15) is 6.04 Å². The van der Waals surface area contributed by atoms with E-state index in [0.29, 0.717) is 5.56 Å². The summed E-state index contributed by atoms with van der Waals surface area (Å²) < 4.78 is 5.36. The number of nitrogens with zero attached hydrogens (tertiary/aromatic N) is 1. The molecule has 0 spiro atoms. The number of rotatable bonds is 9. The fourth-order valence-electron chi connectivity index (χ4n) is 2.84. The summed E-state index contributed by atoms with van der Waals surface area (Å²) in [6.45, 7) is 9.59. The van der Waals surface area contributed by atoms with Crippen molar-refractivity contribution in [1.82, 2.24) is 10.9 Å². The molecule has 0 saturated carbocycles. The first-order valence-corrected chi connectivity index (χ1v) is 9.62. The van der Waals surface area contributed by atoms with Crippen LogP contribution < -0.4 is 15.8 Å². The second-order valence-corrected chi connectivity index (χ2v) is 6.65. The molecule has 1 atom stereocenters. The molecule has 2 N–H and O–H groups in total. The van der Waals surface area contributed by atoms with Crippen molar-refractivity contribution in [2.24, 2.45) is 0 Å². The van der Waals surface area contributed by atoms with E-state index in [2.05, 4.69) is 29.6 Å². The number of amides is 1. The summed E-state index contributed by atoms with van der Waals surface area (Å²) in [4.78, 5) is 27.1. The fourth-order valence-corrected chi connectivity index (χ4v) is 2.84. The highest BCUT2D eigenvalue weighted by atomic mass is 16.5. The molecule has 0 aliphatic rings. The molecule has 0 aliphatic heterocycles. The molecule has 6 heteroatoms. The first-order valence-electron chi connectivity index (χ1n) is 9.62. The maximum Gasteiger partial charge on any atom is 0.329 e.